The monoisotopic (exact) mass is 318 g/mol. The van der Waals surface area contributed by atoms with Crippen molar-refractivity contribution in [3.63, 3.8) is 0 Å². The van der Waals surface area contributed by atoms with Gasteiger partial charge in [-0.1, -0.05) is 12.1 Å². The number of rotatable bonds is 6. The number of thiophene rings is 2. The summed E-state index contributed by atoms with van der Waals surface area (Å²) >= 11 is 15.5. The summed E-state index contributed by atoms with van der Waals surface area (Å²) in [6.45, 7) is 0. The summed E-state index contributed by atoms with van der Waals surface area (Å²) in [5.41, 5.74) is 0. The summed E-state index contributed by atoms with van der Waals surface area (Å²) in [5, 5.41) is 2.89. The summed E-state index contributed by atoms with van der Waals surface area (Å²) in [7, 11) is 0. The van der Waals surface area contributed by atoms with Crippen molar-refractivity contribution in [2.45, 2.75) is 23.6 Å². The van der Waals surface area contributed by atoms with Crippen molar-refractivity contribution in [3.05, 3.63) is 44.8 Å². The molecule has 18 heavy (non-hydrogen) atoms. The smallest absolute Gasteiger partial charge is 0.169 e. The molecule has 0 aliphatic carbocycles. The van der Waals surface area contributed by atoms with Crippen LogP contribution in [0.15, 0.2) is 35.0 Å². The molecular weight excluding hydrogens is 307 g/mol. The minimum absolute atomic E-state index is 0.0832. The molecule has 0 N–H and O–H groups in total. The van der Waals surface area contributed by atoms with Gasteiger partial charge in [0.05, 0.1) is 10.8 Å². The van der Waals surface area contributed by atoms with E-state index in [9.17, 15) is 4.79 Å². The van der Waals surface area contributed by atoms with E-state index >= 15 is 0 Å². The summed E-state index contributed by atoms with van der Waals surface area (Å²) in [6.07, 6.45) is 1.12. The minimum atomic E-state index is -0.536. The fourth-order valence-electron chi connectivity index (χ4n) is 1.61. The molecule has 0 aliphatic rings. The van der Waals surface area contributed by atoms with Crippen molar-refractivity contribution in [2.24, 2.45) is 0 Å². The van der Waals surface area contributed by atoms with Crippen molar-refractivity contribution < 1.29 is 4.79 Å². The molecular formula is C13H12Cl2OS2. The van der Waals surface area contributed by atoms with E-state index in [2.05, 4.69) is 0 Å². The number of ketones is 1. The Balaban J connectivity index is 1.89. The molecule has 2 heterocycles. The predicted octanol–water partition coefficient (Wildman–Crippen LogP) is 4.38. The van der Waals surface area contributed by atoms with Crippen LogP contribution in [0.4, 0.5) is 0 Å². The first kappa shape index (κ1) is 14.1. The Labute approximate surface area is 124 Å². The van der Waals surface area contributed by atoms with Crippen LogP contribution in [0.25, 0.3) is 0 Å². The van der Waals surface area contributed by atoms with Crippen molar-refractivity contribution in [2.75, 3.05) is 0 Å². The Hall–Kier alpha value is -0.350. The predicted molar refractivity (Wildman–Crippen MR) is 80.3 cm³/mol. The lowest BCUT2D eigenvalue weighted by Crippen LogP contribution is -2.27. The van der Waals surface area contributed by atoms with Crippen LogP contribution in [-0.4, -0.2) is 16.5 Å². The van der Waals surface area contributed by atoms with Crippen LogP contribution in [0.3, 0.4) is 0 Å². The van der Waals surface area contributed by atoms with Crippen molar-refractivity contribution in [3.8, 4) is 0 Å². The number of alkyl halides is 2. The van der Waals surface area contributed by atoms with Gasteiger partial charge in [-0.3, -0.25) is 4.79 Å². The average Bonchev–Trinajstić information content (AvgIpc) is 3.01. The topological polar surface area (TPSA) is 17.1 Å². The number of hydrogen-bond donors (Lipinski definition) is 0. The van der Waals surface area contributed by atoms with Gasteiger partial charge in [-0.2, -0.15) is 0 Å². The lowest BCUT2D eigenvalue weighted by atomic mass is 10.1. The zero-order chi connectivity index (χ0) is 13.0. The van der Waals surface area contributed by atoms with Gasteiger partial charge in [0.1, 0.15) is 0 Å². The van der Waals surface area contributed by atoms with E-state index in [1.165, 1.54) is 0 Å². The SMILES string of the molecule is O=C(C(Cl)Cc1cccs1)C(Cl)Cc1cccs1. The Morgan fingerprint density at radius 3 is 1.78 bits per heavy atom. The molecule has 0 aromatic carbocycles. The van der Waals surface area contributed by atoms with E-state index in [-0.39, 0.29) is 5.78 Å². The highest BCUT2D eigenvalue weighted by Crippen LogP contribution is 2.20. The van der Waals surface area contributed by atoms with Gasteiger partial charge in [-0.25, -0.2) is 0 Å². The van der Waals surface area contributed by atoms with Gasteiger partial charge in [0.25, 0.3) is 0 Å². The van der Waals surface area contributed by atoms with E-state index in [0.717, 1.165) is 9.75 Å². The number of carbonyl (C=O) groups excluding carboxylic acids is 1. The first-order chi connectivity index (χ1) is 8.66. The molecule has 0 amide bonds. The number of Topliss-reactive ketones (excluding diaryl/α,β-unsaturated/α-hetero) is 1. The van der Waals surface area contributed by atoms with Gasteiger partial charge >= 0.3 is 0 Å². The molecule has 0 radical (unpaired) electrons. The third-order valence-corrected chi connectivity index (χ3v) is 5.07. The quantitative estimate of drug-likeness (QED) is 0.722. The normalized spacial score (nSPS) is 14.3. The highest BCUT2D eigenvalue weighted by Gasteiger charge is 2.24. The third kappa shape index (κ3) is 3.82. The second-order valence-corrected chi connectivity index (χ2v) is 7.02. The Morgan fingerprint density at radius 2 is 1.44 bits per heavy atom. The minimum Gasteiger partial charge on any atom is -0.296 e. The zero-order valence-electron chi connectivity index (χ0n) is 9.51. The fourth-order valence-corrected chi connectivity index (χ4v) is 4.00. The van der Waals surface area contributed by atoms with Crippen LogP contribution in [0.1, 0.15) is 9.75 Å². The average molecular weight is 319 g/mol. The Morgan fingerprint density at radius 1 is 1.00 bits per heavy atom. The fraction of sp³-hybridized carbons (Fsp3) is 0.308. The van der Waals surface area contributed by atoms with Crippen LogP contribution in [0.5, 0.6) is 0 Å². The van der Waals surface area contributed by atoms with Crippen LogP contribution in [0, 0.1) is 0 Å². The van der Waals surface area contributed by atoms with Crippen LogP contribution < -0.4 is 0 Å². The van der Waals surface area contributed by atoms with Crippen molar-refractivity contribution in [1.82, 2.24) is 0 Å². The molecule has 2 unspecified atom stereocenters. The number of halogens is 2. The molecule has 0 bridgehead atoms. The van der Waals surface area contributed by atoms with E-state index < -0.39 is 10.8 Å². The van der Waals surface area contributed by atoms with Gasteiger partial charge in [0.15, 0.2) is 5.78 Å². The molecule has 0 spiro atoms. The van der Waals surface area contributed by atoms with Gasteiger partial charge in [0, 0.05) is 22.6 Å². The maximum Gasteiger partial charge on any atom is 0.169 e. The molecule has 2 aromatic rings. The van der Waals surface area contributed by atoms with Crippen molar-refractivity contribution >= 4 is 51.7 Å². The molecule has 0 saturated heterocycles. The molecule has 2 aromatic heterocycles. The standard InChI is InChI=1S/C13H12Cl2OS2/c14-11(7-9-3-1-5-17-9)13(16)12(15)8-10-4-2-6-18-10/h1-6,11-12H,7-8H2. The lowest BCUT2D eigenvalue weighted by molar-refractivity contribution is -0.118. The molecule has 5 heteroatoms. The summed E-state index contributed by atoms with van der Waals surface area (Å²) in [4.78, 5) is 14.3. The summed E-state index contributed by atoms with van der Waals surface area (Å²) in [5.74, 6) is -0.0832. The van der Waals surface area contributed by atoms with Crippen LogP contribution in [-0.2, 0) is 17.6 Å². The first-order valence-electron chi connectivity index (χ1n) is 5.53. The number of carbonyl (C=O) groups is 1. The van der Waals surface area contributed by atoms with Gasteiger partial charge in [-0.05, 0) is 22.9 Å². The maximum atomic E-state index is 12.0. The largest absolute Gasteiger partial charge is 0.296 e. The summed E-state index contributed by atoms with van der Waals surface area (Å²) in [6, 6.07) is 7.88. The van der Waals surface area contributed by atoms with E-state index in [1.54, 1.807) is 22.7 Å². The molecule has 2 atom stereocenters. The summed E-state index contributed by atoms with van der Waals surface area (Å²) < 4.78 is 0. The Bertz CT molecular complexity index is 435. The first-order valence-corrected chi connectivity index (χ1v) is 8.16. The Kier molecular flexibility index (Phi) is 5.25. The lowest BCUT2D eigenvalue weighted by Gasteiger charge is -2.11. The van der Waals surface area contributed by atoms with Gasteiger partial charge < -0.3 is 0 Å². The second kappa shape index (κ2) is 6.71. The molecule has 0 aliphatic heterocycles. The van der Waals surface area contributed by atoms with Gasteiger partial charge in [0.2, 0.25) is 0 Å². The van der Waals surface area contributed by atoms with E-state index in [1.807, 2.05) is 35.0 Å². The molecule has 0 fully saturated rings. The highest BCUT2D eigenvalue weighted by molar-refractivity contribution is 7.10. The third-order valence-electron chi connectivity index (χ3n) is 2.54. The van der Waals surface area contributed by atoms with Crippen molar-refractivity contribution in [1.29, 1.82) is 0 Å². The van der Waals surface area contributed by atoms with E-state index in [0.29, 0.717) is 12.8 Å². The molecule has 2 rings (SSSR count). The van der Waals surface area contributed by atoms with Crippen LogP contribution >= 0.6 is 45.9 Å². The zero-order valence-corrected chi connectivity index (χ0v) is 12.7. The molecule has 1 nitrogen and oxygen atoms in total. The highest BCUT2D eigenvalue weighted by atomic mass is 35.5. The van der Waals surface area contributed by atoms with Gasteiger partial charge in [-0.15, -0.1) is 45.9 Å². The molecule has 96 valence electrons. The molecule has 0 saturated carbocycles. The van der Waals surface area contributed by atoms with Crippen LogP contribution in [0.2, 0.25) is 0 Å². The number of hydrogen-bond acceptors (Lipinski definition) is 3. The maximum absolute atomic E-state index is 12.0. The van der Waals surface area contributed by atoms with E-state index in [4.69, 9.17) is 23.2 Å². The second-order valence-electron chi connectivity index (χ2n) is 3.90.